The number of esters is 1. The minimum Gasteiger partial charge on any atom is -0.463 e. The lowest BCUT2D eigenvalue weighted by molar-refractivity contribution is -0.193. The largest absolute Gasteiger partial charge is 0.463 e. The molecule has 0 aromatic rings. The van der Waals surface area contributed by atoms with Crippen molar-refractivity contribution >= 4 is 5.97 Å². The lowest BCUT2D eigenvalue weighted by Crippen LogP contribution is -2.58. The number of fused-ring (bicyclic) bond motifs is 5. The number of carbonyl (C=O) groups is 1. The Morgan fingerprint density at radius 3 is 2.32 bits per heavy atom. The van der Waals surface area contributed by atoms with Crippen molar-refractivity contribution in [1.29, 1.82) is 0 Å². The number of carbonyl (C=O) groups excluding carboxylic acids is 1. The molecule has 4 rings (SSSR count). The van der Waals surface area contributed by atoms with E-state index in [0.29, 0.717) is 17.3 Å². The van der Waals surface area contributed by atoms with Crippen LogP contribution in [0.4, 0.5) is 0 Å². The van der Waals surface area contributed by atoms with Gasteiger partial charge >= 0.3 is 5.97 Å². The summed E-state index contributed by atoms with van der Waals surface area (Å²) in [6, 6.07) is 0. The van der Waals surface area contributed by atoms with Crippen molar-refractivity contribution in [1.82, 2.24) is 0 Å². The summed E-state index contributed by atoms with van der Waals surface area (Å²) in [5, 5.41) is 2.94. The van der Waals surface area contributed by atoms with Crippen LogP contribution in [0, 0.1) is 57.2 Å². The van der Waals surface area contributed by atoms with Crippen LogP contribution in [0.5, 0.6) is 0 Å². The molecule has 194 valence electrons. The maximum Gasteiger partial charge on any atom is 0.302 e. The standard InChI is InChI=1S/C29H49NO4/c1-18(2)8-7-9-19(3)23-10-11-24-22-17-27(34-30-32)26-16-21(33-20(4)31)12-14-29(26,6)25(22)13-15-28(23,24)5/h18-19,21-27H,7-17H2,1-6H3/t19-,21+,22+,23-,24+,25+,26-,27-,28-,29-/m1/s1. The zero-order valence-electron chi connectivity index (χ0n) is 22.6. The first-order chi connectivity index (χ1) is 16.1. The fourth-order valence-corrected chi connectivity index (χ4v) is 9.77. The highest BCUT2D eigenvalue weighted by Gasteiger charge is 2.63. The molecule has 0 aromatic heterocycles. The van der Waals surface area contributed by atoms with Crippen LogP contribution in [0.3, 0.4) is 0 Å². The molecule has 0 N–H and O–H groups in total. The molecule has 4 saturated carbocycles. The number of nitrogens with zero attached hydrogens (tertiary/aromatic N) is 1. The minimum absolute atomic E-state index is 0.0544. The predicted molar refractivity (Wildman–Crippen MR) is 135 cm³/mol. The summed E-state index contributed by atoms with van der Waals surface area (Å²) in [5.41, 5.74) is 0.549. The molecule has 5 heteroatoms. The van der Waals surface area contributed by atoms with Crippen molar-refractivity contribution in [2.24, 2.45) is 57.6 Å². The third-order valence-electron chi connectivity index (χ3n) is 11.3. The van der Waals surface area contributed by atoms with Gasteiger partial charge in [-0.3, -0.25) is 4.79 Å². The van der Waals surface area contributed by atoms with Gasteiger partial charge in [0.25, 0.3) is 0 Å². The molecular weight excluding hydrogens is 426 g/mol. The molecular formula is C29H49NO4. The van der Waals surface area contributed by atoms with Gasteiger partial charge < -0.3 is 9.57 Å². The third kappa shape index (κ3) is 4.66. The molecule has 0 saturated heterocycles. The number of hydrogen-bond acceptors (Lipinski definition) is 5. The van der Waals surface area contributed by atoms with Crippen LogP contribution in [0.25, 0.3) is 0 Å². The van der Waals surface area contributed by atoms with E-state index in [4.69, 9.17) is 9.57 Å². The summed E-state index contributed by atoms with van der Waals surface area (Å²) >= 11 is 0. The van der Waals surface area contributed by atoms with Gasteiger partial charge in [0.1, 0.15) is 12.2 Å². The number of rotatable bonds is 8. The van der Waals surface area contributed by atoms with E-state index >= 15 is 0 Å². The summed E-state index contributed by atoms with van der Waals surface area (Å²) in [6.07, 6.45) is 12.9. The van der Waals surface area contributed by atoms with E-state index in [-0.39, 0.29) is 29.5 Å². The van der Waals surface area contributed by atoms with Crippen LogP contribution in [-0.2, 0) is 14.4 Å². The Bertz CT molecular complexity index is 740. The Hall–Kier alpha value is -1.13. The molecule has 5 nitrogen and oxygen atoms in total. The average Bonchev–Trinajstić information content (AvgIpc) is 3.11. The Morgan fingerprint density at radius 2 is 1.65 bits per heavy atom. The molecule has 0 amide bonds. The maximum atomic E-state index is 11.6. The summed E-state index contributed by atoms with van der Waals surface area (Å²) < 4.78 is 5.62. The molecule has 4 aliphatic rings. The van der Waals surface area contributed by atoms with Gasteiger partial charge in [0.15, 0.2) is 5.34 Å². The van der Waals surface area contributed by atoms with Gasteiger partial charge in [-0.2, -0.15) is 0 Å². The fourth-order valence-electron chi connectivity index (χ4n) is 9.77. The molecule has 4 fully saturated rings. The van der Waals surface area contributed by atoms with Gasteiger partial charge in [0, 0.05) is 12.8 Å². The first-order valence-corrected chi connectivity index (χ1v) is 14.3. The molecule has 0 aliphatic heterocycles. The molecule has 10 atom stereocenters. The second kappa shape index (κ2) is 10.1. The van der Waals surface area contributed by atoms with Crippen molar-refractivity contribution in [3.05, 3.63) is 4.91 Å². The summed E-state index contributed by atoms with van der Waals surface area (Å²) in [5.74, 6) is 4.46. The first kappa shape index (κ1) is 25.9. The molecule has 0 bridgehead atoms. The van der Waals surface area contributed by atoms with E-state index in [1.807, 2.05) is 0 Å². The van der Waals surface area contributed by atoms with Gasteiger partial charge in [-0.05, 0) is 97.7 Å². The van der Waals surface area contributed by atoms with Crippen LogP contribution in [-0.4, -0.2) is 18.2 Å². The Morgan fingerprint density at radius 1 is 0.941 bits per heavy atom. The summed E-state index contributed by atoms with van der Waals surface area (Å²) in [7, 11) is 0. The zero-order valence-corrected chi connectivity index (χ0v) is 22.6. The monoisotopic (exact) mass is 475 g/mol. The van der Waals surface area contributed by atoms with E-state index in [2.05, 4.69) is 40.0 Å². The third-order valence-corrected chi connectivity index (χ3v) is 11.3. The maximum absolute atomic E-state index is 11.6. The van der Waals surface area contributed by atoms with Crippen LogP contribution in [0.2, 0.25) is 0 Å². The predicted octanol–water partition coefficient (Wildman–Crippen LogP) is 7.72. The quantitative estimate of drug-likeness (QED) is 0.205. The van der Waals surface area contributed by atoms with Crippen LogP contribution < -0.4 is 0 Å². The first-order valence-electron chi connectivity index (χ1n) is 14.3. The highest BCUT2D eigenvalue weighted by Crippen LogP contribution is 2.68. The highest BCUT2D eigenvalue weighted by molar-refractivity contribution is 5.66. The number of hydrogen-bond donors (Lipinski definition) is 0. The number of ether oxygens (including phenoxy) is 1. The van der Waals surface area contributed by atoms with E-state index in [9.17, 15) is 9.70 Å². The van der Waals surface area contributed by atoms with Crippen LogP contribution in [0.15, 0.2) is 5.34 Å². The van der Waals surface area contributed by atoms with Crippen molar-refractivity contribution in [3.63, 3.8) is 0 Å². The van der Waals surface area contributed by atoms with Crippen LogP contribution >= 0.6 is 0 Å². The second-order valence-electron chi connectivity index (χ2n) is 13.5. The smallest absolute Gasteiger partial charge is 0.302 e. The lowest BCUT2D eigenvalue weighted by atomic mass is 9.43. The van der Waals surface area contributed by atoms with Gasteiger partial charge in [0.05, 0.1) is 0 Å². The van der Waals surface area contributed by atoms with Gasteiger partial charge in [-0.15, -0.1) is 4.91 Å². The normalized spacial score (nSPS) is 44.5. The second-order valence-corrected chi connectivity index (χ2v) is 13.5. The van der Waals surface area contributed by atoms with Crippen LogP contribution in [0.1, 0.15) is 112 Å². The Kier molecular flexibility index (Phi) is 7.70. The summed E-state index contributed by atoms with van der Waals surface area (Å²) in [6.45, 7) is 13.7. The van der Waals surface area contributed by atoms with Crippen molar-refractivity contribution < 1.29 is 14.4 Å². The van der Waals surface area contributed by atoms with Gasteiger partial charge in [-0.1, -0.05) is 53.9 Å². The van der Waals surface area contributed by atoms with Gasteiger partial charge in [-0.25, -0.2) is 0 Å². The molecule has 0 unspecified atom stereocenters. The van der Waals surface area contributed by atoms with E-state index in [0.717, 1.165) is 49.4 Å². The van der Waals surface area contributed by atoms with E-state index < -0.39 is 0 Å². The molecule has 0 aromatic carbocycles. The van der Waals surface area contributed by atoms with E-state index in [1.165, 1.54) is 51.9 Å². The topological polar surface area (TPSA) is 65.0 Å². The molecule has 34 heavy (non-hydrogen) atoms. The SMILES string of the molecule is CC(=O)O[C@H]1CC[C@@]2(C)[C@H](C1)[C@H](ON=O)C[C@@H]1[C@@H]2CC[C@]2(C)[C@@H]([C@H](C)CCCC(C)C)CC[C@@H]12. The fraction of sp³-hybridized carbons (Fsp3) is 0.966. The van der Waals surface area contributed by atoms with Crippen molar-refractivity contribution in [2.75, 3.05) is 0 Å². The summed E-state index contributed by atoms with van der Waals surface area (Å²) in [4.78, 5) is 28.5. The Balaban J connectivity index is 1.52. The van der Waals surface area contributed by atoms with Gasteiger partial charge in [0.2, 0.25) is 0 Å². The molecule has 4 aliphatic carbocycles. The molecule has 0 spiro atoms. The molecule has 0 heterocycles. The van der Waals surface area contributed by atoms with Crippen molar-refractivity contribution in [3.8, 4) is 0 Å². The van der Waals surface area contributed by atoms with Crippen molar-refractivity contribution in [2.45, 2.75) is 124 Å². The zero-order chi connectivity index (χ0) is 24.7. The Labute approximate surface area is 207 Å². The lowest BCUT2D eigenvalue weighted by Gasteiger charge is -2.62. The average molecular weight is 476 g/mol. The molecule has 0 radical (unpaired) electrons. The highest BCUT2D eigenvalue weighted by atomic mass is 16.7. The van der Waals surface area contributed by atoms with E-state index in [1.54, 1.807) is 0 Å². The minimum atomic E-state index is -0.207.